The molecule has 1 amide bonds. The predicted molar refractivity (Wildman–Crippen MR) is 84.3 cm³/mol. The molecule has 0 unspecified atom stereocenters. The Bertz CT molecular complexity index is 470. The molecule has 0 aromatic heterocycles. The summed E-state index contributed by atoms with van der Waals surface area (Å²) in [6, 6.07) is 8.37. The summed E-state index contributed by atoms with van der Waals surface area (Å²) in [5.41, 5.74) is 1.18. The minimum atomic E-state index is 0.0563. The van der Waals surface area contributed by atoms with Crippen molar-refractivity contribution in [3.05, 3.63) is 29.8 Å². The van der Waals surface area contributed by atoms with Gasteiger partial charge in [0.1, 0.15) is 5.75 Å². The fraction of sp³-hybridized carbons (Fsp3) is 0.588. The van der Waals surface area contributed by atoms with Gasteiger partial charge in [-0.05, 0) is 43.0 Å². The van der Waals surface area contributed by atoms with Gasteiger partial charge < -0.3 is 15.0 Å². The number of nitrogens with one attached hydrogen (secondary N) is 1. The van der Waals surface area contributed by atoms with Crippen molar-refractivity contribution in [2.45, 2.75) is 39.3 Å². The Hall–Kier alpha value is -1.55. The number of nitrogens with zero attached hydrogens (tertiary/aromatic N) is 1. The number of carbonyl (C=O) groups is 1. The van der Waals surface area contributed by atoms with Gasteiger partial charge in [-0.1, -0.05) is 26.0 Å². The van der Waals surface area contributed by atoms with Gasteiger partial charge in [0.05, 0.1) is 0 Å². The first-order chi connectivity index (χ1) is 10.1. The zero-order valence-corrected chi connectivity index (χ0v) is 13.3. The number of hydrogen-bond donors (Lipinski definition) is 1. The van der Waals surface area contributed by atoms with Gasteiger partial charge in [-0.3, -0.25) is 4.79 Å². The summed E-state index contributed by atoms with van der Waals surface area (Å²) in [4.78, 5) is 13.7. The highest BCUT2D eigenvalue weighted by atomic mass is 16.5. The van der Waals surface area contributed by atoms with Gasteiger partial charge in [0, 0.05) is 19.6 Å². The van der Waals surface area contributed by atoms with Gasteiger partial charge in [-0.25, -0.2) is 0 Å². The fourth-order valence-electron chi connectivity index (χ4n) is 2.16. The lowest BCUT2D eigenvalue weighted by Crippen LogP contribution is -2.33. The molecule has 0 heterocycles. The molecule has 0 atom stereocenters. The van der Waals surface area contributed by atoms with Crippen molar-refractivity contribution in [3.63, 3.8) is 0 Å². The molecule has 21 heavy (non-hydrogen) atoms. The van der Waals surface area contributed by atoms with Crippen LogP contribution in [0.3, 0.4) is 0 Å². The van der Waals surface area contributed by atoms with E-state index in [4.69, 9.17) is 4.74 Å². The average molecular weight is 290 g/mol. The van der Waals surface area contributed by atoms with Crippen LogP contribution in [0.4, 0.5) is 0 Å². The number of ether oxygens (including phenoxy) is 1. The van der Waals surface area contributed by atoms with Crippen molar-refractivity contribution in [2.24, 2.45) is 5.92 Å². The molecule has 1 fully saturated rings. The second kappa shape index (κ2) is 7.46. The number of benzene rings is 1. The molecule has 0 spiro atoms. The highest BCUT2D eigenvalue weighted by Gasteiger charge is 2.29. The summed E-state index contributed by atoms with van der Waals surface area (Å²) >= 11 is 0. The molecule has 1 aliphatic carbocycles. The maximum atomic E-state index is 11.9. The largest absolute Gasteiger partial charge is 0.484 e. The summed E-state index contributed by atoms with van der Waals surface area (Å²) in [5.74, 6) is 1.46. The Morgan fingerprint density at radius 3 is 2.86 bits per heavy atom. The number of likely N-dealkylation sites (N-methyl/N-ethyl adjacent to an activating group) is 1. The first-order valence-electron chi connectivity index (χ1n) is 7.74. The molecule has 1 aliphatic rings. The summed E-state index contributed by atoms with van der Waals surface area (Å²) in [6.45, 7) is 6.32. The molecule has 1 aromatic rings. The third-order valence-corrected chi connectivity index (χ3v) is 3.63. The summed E-state index contributed by atoms with van der Waals surface area (Å²) in [6.07, 6.45) is 2.25. The molecule has 4 nitrogen and oxygen atoms in total. The lowest BCUT2D eigenvalue weighted by atomic mass is 10.2. The molecular weight excluding hydrogens is 264 g/mol. The Kier molecular flexibility index (Phi) is 5.62. The van der Waals surface area contributed by atoms with Gasteiger partial charge in [0.25, 0.3) is 5.91 Å². The monoisotopic (exact) mass is 290 g/mol. The Morgan fingerprint density at radius 1 is 1.43 bits per heavy atom. The molecular formula is C17H26N2O2. The molecule has 0 radical (unpaired) electrons. The third kappa shape index (κ3) is 5.38. The van der Waals surface area contributed by atoms with E-state index >= 15 is 0 Å². The molecule has 0 aliphatic heterocycles. The Morgan fingerprint density at radius 2 is 2.19 bits per heavy atom. The molecule has 2 rings (SSSR count). The third-order valence-electron chi connectivity index (χ3n) is 3.63. The fourth-order valence-corrected chi connectivity index (χ4v) is 2.16. The second-order valence-corrected chi connectivity index (χ2v) is 6.20. The second-order valence-electron chi connectivity index (χ2n) is 6.20. The van der Waals surface area contributed by atoms with Crippen LogP contribution < -0.4 is 10.1 Å². The van der Waals surface area contributed by atoms with E-state index in [1.807, 2.05) is 25.2 Å². The van der Waals surface area contributed by atoms with E-state index in [1.165, 1.54) is 5.56 Å². The smallest absolute Gasteiger partial charge is 0.260 e. The van der Waals surface area contributed by atoms with Gasteiger partial charge in [-0.15, -0.1) is 0 Å². The van der Waals surface area contributed by atoms with E-state index in [0.29, 0.717) is 12.0 Å². The zero-order valence-electron chi connectivity index (χ0n) is 13.3. The molecule has 0 saturated heterocycles. The minimum absolute atomic E-state index is 0.0563. The van der Waals surface area contributed by atoms with E-state index in [1.54, 1.807) is 4.90 Å². The van der Waals surface area contributed by atoms with Crippen LogP contribution in [0.1, 0.15) is 32.3 Å². The van der Waals surface area contributed by atoms with Crippen LogP contribution in [0, 0.1) is 5.92 Å². The number of amides is 1. The van der Waals surface area contributed by atoms with Crippen molar-refractivity contribution >= 4 is 5.91 Å². The molecule has 1 aromatic carbocycles. The van der Waals surface area contributed by atoms with Crippen molar-refractivity contribution in [1.82, 2.24) is 10.2 Å². The number of hydrogen-bond acceptors (Lipinski definition) is 3. The van der Waals surface area contributed by atoms with Crippen LogP contribution in [0.15, 0.2) is 24.3 Å². The maximum absolute atomic E-state index is 11.9. The van der Waals surface area contributed by atoms with Crippen molar-refractivity contribution in [1.29, 1.82) is 0 Å². The minimum Gasteiger partial charge on any atom is -0.484 e. The van der Waals surface area contributed by atoms with Crippen molar-refractivity contribution < 1.29 is 9.53 Å². The van der Waals surface area contributed by atoms with Crippen LogP contribution in [-0.2, 0) is 11.3 Å². The van der Waals surface area contributed by atoms with E-state index in [9.17, 15) is 4.79 Å². The molecule has 0 bridgehead atoms. The van der Waals surface area contributed by atoms with Crippen LogP contribution in [0.2, 0.25) is 0 Å². The maximum Gasteiger partial charge on any atom is 0.260 e. The summed E-state index contributed by atoms with van der Waals surface area (Å²) in [7, 11) is 1.86. The first-order valence-corrected chi connectivity index (χ1v) is 7.74. The average Bonchev–Trinajstić information content (AvgIpc) is 3.28. The molecule has 4 heteroatoms. The number of rotatable bonds is 8. The van der Waals surface area contributed by atoms with E-state index in [0.717, 1.165) is 31.7 Å². The predicted octanol–water partition coefficient (Wildman–Crippen LogP) is 2.43. The van der Waals surface area contributed by atoms with Crippen molar-refractivity contribution in [3.8, 4) is 5.75 Å². The van der Waals surface area contributed by atoms with E-state index in [-0.39, 0.29) is 12.5 Å². The molecule has 1 N–H and O–H groups in total. The van der Waals surface area contributed by atoms with E-state index in [2.05, 4.69) is 25.2 Å². The van der Waals surface area contributed by atoms with Gasteiger partial charge >= 0.3 is 0 Å². The Balaban J connectivity index is 1.78. The zero-order chi connectivity index (χ0) is 15.2. The van der Waals surface area contributed by atoms with Crippen LogP contribution in [-0.4, -0.2) is 37.0 Å². The molecule has 116 valence electrons. The SMILES string of the molecule is CC(C)CNCc1cccc(OCC(=O)N(C)C2CC2)c1. The van der Waals surface area contributed by atoms with E-state index < -0.39 is 0 Å². The van der Waals surface area contributed by atoms with Crippen molar-refractivity contribution in [2.75, 3.05) is 20.2 Å². The first kappa shape index (κ1) is 15.8. The summed E-state index contributed by atoms with van der Waals surface area (Å²) in [5, 5.41) is 3.40. The van der Waals surface area contributed by atoms with Crippen LogP contribution >= 0.6 is 0 Å². The Labute approximate surface area is 127 Å². The standard InChI is InChI=1S/C17H26N2O2/c1-13(2)10-18-11-14-5-4-6-16(9-14)21-12-17(20)19(3)15-7-8-15/h4-6,9,13,15,18H,7-8,10-12H2,1-3H3. The lowest BCUT2D eigenvalue weighted by Gasteiger charge is -2.16. The highest BCUT2D eigenvalue weighted by molar-refractivity contribution is 5.78. The van der Waals surface area contributed by atoms with Crippen LogP contribution in [0.5, 0.6) is 5.75 Å². The number of carbonyl (C=O) groups excluding carboxylic acids is 1. The van der Waals surface area contributed by atoms with Gasteiger partial charge in [0.15, 0.2) is 6.61 Å². The van der Waals surface area contributed by atoms with Gasteiger partial charge in [0.2, 0.25) is 0 Å². The summed E-state index contributed by atoms with van der Waals surface area (Å²) < 4.78 is 5.62. The topological polar surface area (TPSA) is 41.6 Å². The quantitative estimate of drug-likeness (QED) is 0.799. The lowest BCUT2D eigenvalue weighted by molar-refractivity contribution is -0.132. The van der Waals surface area contributed by atoms with Gasteiger partial charge in [-0.2, -0.15) is 0 Å². The normalized spacial score (nSPS) is 14.3. The van der Waals surface area contributed by atoms with Crippen LogP contribution in [0.25, 0.3) is 0 Å². The highest BCUT2D eigenvalue weighted by Crippen LogP contribution is 2.25. The molecule has 1 saturated carbocycles.